The minimum atomic E-state index is -0.262. The summed E-state index contributed by atoms with van der Waals surface area (Å²) in [5, 5.41) is 5.47. The second-order valence-corrected chi connectivity index (χ2v) is 5.31. The van der Waals surface area contributed by atoms with Gasteiger partial charge in [-0.3, -0.25) is 0 Å². The van der Waals surface area contributed by atoms with E-state index in [9.17, 15) is 9.18 Å². The average molecular weight is 346 g/mol. The van der Waals surface area contributed by atoms with Crippen LogP contribution in [0.25, 0.3) is 0 Å². The van der Waals surface area contributed by atoms with Crippen molar-refractivity contribution in [3.05, 3.63) is 59.9 Å². The molecule has 6 heteroatoms. The van der Waals surface area contributed by atoms with Crippen LogP contribution < -0.4 is 20.1 Å². The normalized spacial score (nSPS) is 10.2. The highest BCUT2D eigenvalue weighted by molar-refractivity contribution is 5.73. The Bertz CT molecular complexity index is 645. The second kappa shape index (κ2) is 10.2. The van der Waals surface area contributed by atoms with E-state index < -0.39 is 0 Å². The fourth-order valence-electron chi connectivity index (χ4n) is 2.17. The first-order valence-corrected chi connectivity index (χ1v) is 8.29. The number of halogens is 1. The lowest BCUT2D eigenvalue weighted by molar-refractivity contribution is 0.236. The molecule has 0 spiro atoms. The summed E-state index contributed by atoms with van der Waals surface area (Å²) in [7, 11) is 0. The summed E-state index contributed by atoms with van der Waals surface area (Å²) in [6, 6.07) is 13.3. The summed E-state index contributed by atoms with van der Waals surface area (Å²) in [6.45, 7) is 3.81. The van der Waals surface area contributed by atoms with Crippen LogP contribution in [0.4, 0.5) is 9.18 Å². The molecule has 0 saturated carbocycles. The van der Waals surface area contributed by atoms with Crippen LogP contribution in [0.15, 0.2) is 48.5 Å². The van der Waals surface area contributed by atoms with Crippen LogP contribution in [-0.2, 0) is 6.42 Å². The lowest BCUT2D eigenvalue weighted by Crippen LogP contribution is -2.38. The molecule has 0 unspecified atom stereocenters. The summed E-state index contributed by atoms with van der Waals surface area (Å²) in [4.78, 5) is 11.7. The lowest BCUT2D eigenvalue weighted by atomic mass is 10.1. The Morgan fingerprint density at radius 1 is 0.920 bits per heavy atom. The molecule has 2 aromatic carbocycles. The Balaban J connectivity index is 1.56. The molecule has 0 saturated heterocycles. The minimum Gasteiger partial charge on any atom is -0.494 e. The standard InChI is InChI=1S/C19H23FN2O3/c1-2-24-17-7-9-18(10-8-17)25-14-13-22-19(23)21-12-11-15-3-5-16(20)6-4-15/h3-10H,2,11-14H2,1H3,(H2,21,22,23). The van der Waals surface area contributed by atoms with Gasteiger partial charge in [0.05, 0.1) is 13.2 Å². The van der Waals surface area contributed by atoms with Crippen LogP contribution in [0.1, 0.15) is 12.5 Å². The van der Waals surface area contributed by atoms with Crippen molar-refractivity contribution in [3.63, 3.8) is 0 Å². The van der Waals surface area contributed by atoms with Gasteiger partial charge in [0.15, 0.2) is 0 Å². The summed E-state index contributed by atoms with van der Waals surface area (Å²) in [6.07, 6.45) is 0.649. The molecule has 0 radical (unpaired) electrons. The van der Waals surface area contributed by atoms with E-state index in [4.69, 9.17) is 9.47 Å². The van der Waals surface area contributed by atoms with E-state index in [0.717, 1.165) is 17.1 Å². The van der Waals surface area contributed by atoms with E-state index in [-0.39, 0.29) is 11.8 Å². The molecule has 0 aromatic heterocycles. The van der Waals surface area contributed by atoms with Gasteiger partial charge < -0.3 is 20.1 Å². The Kier molecular flexibility index (Phi) is 7.56. The van der Waals surface area contributed by atoms with Gasteiger partial charge in [-0.2, -0.15) is 0 Å². The quantitative estimate of drug-likeness (QED) is 0.686. The van der Waals surface area contributed by atoms with E-state index >= 15 is 0 Å². The number of rotatable bonds is 9. The van der Waals surface area contributed by atoms with Gasteiger partial charge in [0.2, 0.25) is 0 Å². The number of carbonyl (C=O) groups is 1. The molecule has 0 atom stereocenters. The number of hydrogen-bond acceptors (Lipinski definition) is 3. The van der Waals surface area contributed by atoms with Gasteiger partial charge in [0, 0.05) is 6.54 Å². The monoisotopic (exact) mass is 346 g/mol. The van der Waals surface area contributed by atoms with Crippen LogP contribution in [0.2, 0.25) is 0 Å². The summed E-state index contributed by atoms with van der Waals surface area (Å²) in [5.41, 5.74) is 0.973. The molecule has 2 rings (SSSR count). The van der Waals surface area contributed by atoms with Gasteiger partial charge in [0.1, 0.15) is 23.9 Å². The molecular weight excluding hydrogens is 323 g/mol. The number of ether oxygens (including phenoxy) is 2. The highest BCUT2D eigenvalue weighted by atomic mass is 19.1. The first kappa shape index (κ1) is 18.6. The third-order valence-electron chi connectivity index (χ3n) is 3.40. The van der Waals surface area contributed by atoms with Crippen LogP contribution in [-0.4, -0.2) is 32.3 Å². The number of amides is 2. The van der Waals surface area contributed by atoms with Gasteiger partial charge in [-0.05, 0) is 55.3 Å². The van der Waals surface area contributed by atoms with Crippen molar-refractivity contribution in [3.8, 4) is 11.5 Å². The topological polar surface area (TPSA) is 59.6 Å². The average Bonchev–Trinajstić information content (AvgIpc) is 2.62. The molecule has 25 heavy (non-hydrogen) atoms. The maximum atomic E-state index is 12.8. The number of urea groups is 1. The molecule has 2 aromatic rings. The zero-order chi connectivity index (χ0) is 17.9. The number of hydrogen-bond donors (Lipinski definition) is 2. The molecule has 0 fully saturated rings. The summed E-state index contributed by atoms with van der Waals surface area (Å²) >= 11 is 0. The highest BCUT2D eigenvalue weighted by Crippen LogP contribution is 2.17. The fraction of sp³-hybridized carbons (Fsp3) is 0.316. The van der Waals surface area contributed by atoms with Gasteiger partial charge >= 0.3 is 6.03 Å². The summed E-state index contributed by atoms with van der Waals surface area (Å²) in [5.74, 6) is 1.26. The van der Waals surface area contributed by atoms with Crippen molar-refractivity contribution in [2.24, 2.45) is 0 Å². The SMILES string of the molecule is CCOc1ccc(OCCNC(=O)NCCc2ccc(F)cc2)cc1. The maximum absolute atomic E-state index is 12.8. The molecule has 2 amide bonds. The van der Waals surface area contributed by atoms with Gasteiger partial charge in [-0.25, -0.2) is 9.18 Å². The molecule has 5 nitrogen and oxygen atoms in total. The predicted molar refractivity (Wildman–Crippen MR) is 94.6 cm³/mol. The van der Waals surface area contributed by atoms with Crippen LogP contribution in [0.5, 0.6) is 11.5 Å². The zero-order valence-electron chi connectivity index (χ0n) is 14.3. The smallest absolute Gasteiger partial charge is 0.314 e. The van der Waals surface area contributed by atoms with Crippen LogP contribution in [0, 0.1) is 5.82 Å². The minimum absolute atomic E-state index is 0.252. The van der Waals surface area contributed by atoms with Crippen molar-refractivity contribution in [1.29, 1.82) is 0 Å². The molecule has 2 N–H and O–H groups in total. The Morgan fingerprint density at radius 3 is 2.16 bits per heavy atom. The van der Waals surface area contributed by atoms with E-state index in [1.54, 1.807) is 12.1 Å². The van der Waals surface area contributed by atoms with E-state index in [1.807, 2.05) is 31.2 Å². The summed E-state index contributed by atoms with van der Waals surface area (Å²) < 4.78 is 23.7. The largest absolute Gasteiger partial charge is 0.494 e. The molecule has 0 heterocycles. The second-order valence-electron chi connectivity index (χ2n) is 5.31. The molecule has 0 aliphatic carbocycles. The Hall–Kier alpha value is -2.76. The van der Waals surface area contributed by atoms with Gasteiger partial charge in [0.25, 0.3) is 0 Å². The van der Waals surface area contributed by atoms with Gasteiger partial charge in [-0.15, -0.1) is 0 Å². The van der Waals surface area contributed by atoms with E-state index in [1.165, 1.54) is 12.1 Å². The third kappa shape index (κ3) is 7.12. The first-order valence-electron chi connectivity index (χ1n) is 8.29. The van der Waals surface area contributed by atoms with Gasteiger partial charge in [-0.1, -0.05) is 12.1 Å². The number of benzene rings is 2. The van der Waals surface area contributed by atoms with Crippen molar-refractivity contribution in [2.75, 3.05) is 26.3 Å². The molecule has 0 bridgehead atoms. The number of nitrogens with one attached hydrogen (secondary N) is 2. The fourth-order valence-corrected chi connectivity index (χ4v) is 2.17. The molecular formula is C19H23FN2O3. The van der Waals surface area contributed by atoms with Crippen LogP contribution in [0.3, 0.4) is 0 Å². The van der Waals surface area contributed by atoms with Crippen molar-refractivity contribution in [1.82, 2.24) is 10.6 Å². The number of carbonyl (C=O) groups excluding carboxylic acids is 1. The first-order chi connectivity index (χ1) is 12.2. The van der Waals surface area contributed by atoms with Crippen LogP contribution >= 0.6 is 0 Å². The van der Waals surface area contributed by atoms with Crippen molar-refractivity contribution < 1.29 is 18.7 Å². The lowest BCUT2D eigenvalue weighted by Gasteiger charge is -2.10. The zero-order valence-corrected chi connectivity index (χ0v) is 14.3. The molecule has 0 aliphatic rings. The van der Waals surface area contributed by atoms with Crippen molar-refractivity contribution >= 4 is 6.03 Å². The maximum Gasteiger partial charge on any atom is 0.314 e. The molecule has 0 aliphatic heterocycles. The van der Waals surface area contributed by atoms with Crippen molar-refractivity contribution in [2.45, 2.75) is 13.3 Å². The molecule has 134 valence electrons. The Morgan fingerprint density at radius 2 is 1.52 bits per heavy atom. The Labute approximate surface area is 147 Å². The van der Waals surface area contributed by atoms with E-state index in [2.05, 4.69) is 10.6 Å². The third-order valence-corrected chi connectivity index (χ3v) is 3.40. The highest BCUT2D eigenvalue weighted by Gasteiger charge is 2.01. The van der Waals surface area contributed by atoms with E-state index in [0.29, 0.717) is 32.7 Å². The predicted octanol–water partition coefficient (Wildman–Crippen LogP) is 3.15.